The lowest BCUT2D eigenvalue weighted by Crippen LogP contribution is -2.38. The van der Waals surface area contributed by atoms with Crippen LogP contribution in [0.4, 0.5) is 5.69 Å². The Morgan fingerprint density at radius 2 is 1.77 bits per heavy atom. The molecule has 0 fully saturated rings. The number of hydrogen-bond donors (Lipinski definition) is 2. The van der Waals surface area contributed by atoms with Crippen molar-refractivity contribution in [3.63, 3.8) is 0 Å². The topological polar surface area (TPSA) is 88.8 Å². The van der Waals surface area contributed by atoms with Crippen molar-refractivity contribution < 1.29 is 9.66 Å². The van der Waals surface area contributed by atoms with Crippen LogP contribution in [-0.2, 0) is 17.8 Å². The molecule has 0 unspecified atom stereocenters. The molecule has 0 aliphatic heterocycles. The van der Waals surface area contributed by atoms with Crippen molar-refractivity contribution in [1.29, 1.82) is 0 Å². The molecule has 140 valence electrons. The molecular formula is C18H23IN4O3. The molecule has 7 nitrogen and oxygen atoms in total. The predicted octanol–water partition coefficient (Wildman–Crippen LogP) is 3.09. The number of methoxy groups -OCH3 is 1. The van der Waals surface area contributed by atoms with Gasteiger partial charge in [-0.25, -0.2) is 4.99 Å². The predicted molar refractivity (Wildman–Crippen MR) is 113 cm³/mol. The van der Waals surface area contributed by atoms with Gasteiger partial charge >= 0.3 is 0 Å². The summed E-state index contributed by atoms with van der Waals surface area (Å²) in [6, 6.07) is 16.4. The first kappa shape index (κ1) is 21.8. The smallest absolute Gasteiger partial charge is 0.269 e. The Morgan fingerprint density at radius 1 is 1.08 bits per heavy atom. The number of hydrogen-bond acceptors (Lipinski definition) is 4. The molecule has 0 radical (unpaired) electrons. The summed E-state index contributed by atoms with van der Waals surface area (Å²) in [5.41, 5.74) is 2.14. The van der Waals surface area contributed by atoms with Crippen LogP contribution in [0.2, 0.25) is 0 Å². The number of nitro groups is 1. The van der Waals surface area contributed by atoms with Crippen LogP contribution in [-0.4, -0.2) is 31.1 Å². The lowest BCUT2D eigenvalue weighted by molar-refractivity contribution is -0.384. The standard InChI is InChI=1S/C18H22N4O3.HI/c1-25-12-11-19-18(20-13-15-5-3-2-4-6-15)21-14-16-7-9-17(10-8-16)22(23)24;/h2-10H,11-14H2,1H3,(H2,19,20,21);1H. The highest BCUT2D eigenvalue weighted by atomic mass is 127. The molecule has 2 aromatic carbocycles. The van der Waals surface area contributed by atoms with Gasteiger partial charge in [-0.2, -0.15) is 0 Å². The fraction of sp³-hybridized carbons (Fsp3) is 0.278. The average molecular weight is 470 g/mol. The van der Waals surface area contributed by atoms with E-state index in [2.05, 4.69) is 15.6 Å². The van der Waals surface area contributed by atoms with Crippen LogP contribution < -0.4 is 10.6 Å². The number of nitro benzene ring substituents is 1. The van der Waals surface area contributed by atoms with E-state index in [1.54, 1.807) is 19.2 Å². The van der Waals surface area contributed by atoms with E-state index in [-0.39, 0.29) is 29.7 Å². The quantitative estimate of drug-likeness (QED) is 0.155. The summed E-state index contributed by atoms with van der Waals surface area (Å²) in [5, 5.41) is 17.1. The highest BCUT2D eigenvalue weighted by molar-refractivity contribution is 14.0. The molecule has 0 saturated carbocycles. The van der Waals surface area contributed by atoms with E-state index >= 15 is 0 Å². The van der Waals surface area contributed by atoms with Crippen LogP contribution in [0.3, 0.4) is 0 Å². The van der Waals surface area contributed by atoms with Gasteiger partial charge in [0.1, 0.15) is 0 Å². The van der Waals surface area contributed by atoms with Crippen LogP contribution in [0.25, 0.3) is 0 Å². The Kier molecular flexibility index (Phi) is 10.3. The van der Waals surface area contributed by atoms with E-state index in [4.69, 9.17) is 4.74 Å². The minimum Gasteiger partial charge on any atom is -0.383 e. The number of aliphatic imine (C=N–C) groups is 1. The Labute approximate surface area is 170 Å². The maximum Gasteiger partial charge on any atom is 0.269 e. The van der Waals surface area contributed by atoms with Gasteiger partial charge in [-0.05, 0) is 11.1 Å². The van der Waals surface area contributed by atoms with Crippen molar-refractivity contribution in [2.24, 2.45) is 4.99 Å². The van der Waals surface area contributed by atoms with E-state index in [0.717, 1.165) is 11.1 Å². The molecule has 2 aromatic rings. The monoisotopic (exact) mass is 470 g/mol. The number of benzene rings is 2. The van der Waals surface area contributed by atoms with Crippen molar-refractivity contribution in [2.75, 3.05) is 20.3 Å². The summed E-state index contributed by atoms with van der Waals surface area (Å²) < 4.78 is 5.04. The molecule has 26 heavy (non-hydrogen) atoms. The molecule has 0 bridgehead atoms. The van der Waals surface area contributed by atoms with E-state index in [1.165, 1.54) is 12.1 Å². The molecular weight excluding hydrogens is 447 g/mol. The Bertz CT molecular complexity index is 693. The summed E-state index contributed by atoms with van der Waals surface area (Å²) in [6.07, 6.45) is 0. The zero-order valence-electron chi connectivity index (χ0n) is 14.6. The largest absolute Gasteiger partial charge is 0.383 e. The molecule has 0 heterocycles. The number of guanidine groups is 1. The van der Waals surface area contributed by atoms with E-state index < -0.39 is 4.92 Å². The summed E-state index contributed by atoms with van der Waals surface area (Å²) in [4.78, 5) is 14.8. The molecule has 0 amide bonds. The molecule has 8 heteroatoms. The van der Waals surface area contributed by atoms with Crippen molar-refractivity contribution in [3.8, 4) is 0 Å². The SMILES string of the molecule is COCCNC(=NCc1ccccc1)NCc1ccc([N+](=O)[O-])cc1.I. The molecule has 0 spiro atoms. The minimum absolute atomic E-state index is 0. The van der Waals surface area contributed by atoms with Crippen LogP contribution in [0.5, 0.6) is 0 Å². The van der Waals surface area contributed by atoms with Crippen molar-refractivity contribution in [2.45, 2.75) is 13.1 Å². The van der Waals surface area contributed by atoms with Gasteiger partial charge in [0.15, 0.2) is 5.96 Å². The lowest BCUT2D eigenvalue weighted by atomic mass is 10.2. The molecule has 0 aliphatic rings. The zero-order chi connectivity index (χ0) is 17.9. The van der Waals surface area contributed by atoms with E-state index in [0.29, 0.717) is 32.2 Å². The fourth-order valence-corrected chi connectivity index (χ4v) is 2.12. The van der Waals surface area contributed by atoms with Gasteiger partial charge in [-0.15, -0.1) is 24.0 Å². The maximum atomic E-state index is 10.7. The van der Waals surface area contributed by atoms with E-state index in [9.17, 15) is 10.1 Å². The number of nitrogens with one attached hydrogen (secondary N) is 2. The number of nitrogens with zero attached hydrogens (tertiary/aromatic N) is 2. The Balaban J connectivity index is 0.00000338. The third-order valence-corrected chi connectivity index (χ3v) is 3.47. The fourth-order valence-electron chi connectivity index (χ4n) is 2.12. The number of ether oxygens (including phenoxy) is 1. The number of non-ortho nitro benzene ring substituents is 1. The molecule has 0 atom stereocenters. The van der Waals surface area contributed by atoms with Crippen LogP contribution in [0, 0.1) is 10.1 Å². The van der Waals surface area contributed by atoms with Gasteiger partial charge in [0.2, 0.25) is 0 Å². The maximum absolute atomic E-state index is 10.7. The average Bonchev–Trinajstić information content (AvgIpc) is 2.65. The van der Waals surface area contributed by atoms with E-state index in [1.807, 2.05) is 30.3 Å². The van der Waals surface area contributed by atoms with Gasteiger partial charge in [0, 0.05) is 32.3 Å². The first-order chi connectivity index (χ1) is 12.2. The second-order valence-electron chi connectivity index (χ2n) is 5.35. The molecule has 0 saturated heterocycles. The number of rotatable bonds is 8. The Hall–Kier alpha value is -2.20. The van der Waals surface area contributed by atoms with Gasteiger partial charge in [-0.1, -0.05) is 42.5 Å². The van der Waals surface area contributed by atoms with Crippen molar-refractivity contribution >= 4 is 35.6 Å². The van der Waals surface area contributed by atoms with Gasteiger partial charge in [0.05, 0.1) is 18.1 Å². The molecule has 2 rings (SSSR count). The molecule has 2 N–H and O–H groups in total. The van der Waals surface area contributed by atoms with Crippen molar-refractivity contribution in [3.05, 3.63) is 75.8 Å². The van der Waals surface area contributed by atoms with Crippen LogP contribution in [0.1, 0.15) is 11.1 Å². The highest BCUT2D eigenvalue weighted by Crippen LogP contribution is 2.11. The second-order valence-corrected chi connectivity index (χ2v) is 5.35. The second kappa shape index (κ2) is 12.2. The number of halogens is 1. The normalized spacial score (nSPS) is 10.7. The van der Waals surface area contributed by atoms with Crippen LogP contribution >= 0.6 is 24.0 Å². The third-order valence-electron chi connectivity index (χ3n) is 3.47. The molecule has 0 aromatic heterocycles. The van der Waals surface area contributed by atoms with Gasteiger partial charge in [0.25, 0.3) is 5.69 Å². The summed E-state index contributed by atoms with van der Waals surface area (Å²) >= 11 is 0. The van der Waals surface area contributed by atoms with Crippen LogP contribution in [0.15, 0.2) is 59.6 Å². The third kappa shape index (κ3) is 7.79. The summed E-state index contributed by atoms with van der Waals surface area (Å²) in [7, 11) is 1.65. The lowest BCUT2D eigenvalue weighted by Gasteiger charge is -2.12. The highest BCUT2D eigenvalue weighted by Gasteiger charge is 2.04. The summed E-state index contributed by atoms with van der Waals surface area (Å²) in [5.74, 6) is 0.666. The molecule has 0 aliphatic carbocycles. The Morgan fingerprint density at radius 3 is 2.38 bits per heavy atom. The first-order valence-electron chi connectivity index (χ1n) is 7.97. The summed E-state index contributed by atoms with van der Waals surface area (Å²) in [6.45, 7) is 2.29. The van der Waals surface area contributed by atoms with Gasteiger partial charge < -0.3 is 15.4 Å². The van der Waals surface area contributed by atoms with Crippen molar-refractivity contribution in [1.82, 2.24) is 10.6 Å². The zero-order valence-corrected chi connectivity index (χ0v) is 16.9. The van der Waals surface area contributed by atoms with Gasteiger partial charge in [-0.3, -0.25) is 10.1 Å². The minimum atomic E-state index is -0.406. The first-order valence-corrected chi connectivity index (χ1v) is 7.97.